The number of carbonyl (C=O) groups is 1. The minimum Gasteiger partial charge on any atom is -0.480 e. The molecule has 0 atom stereocenters. The van der Waals surface area contributed by atoms with Gasteiger partial charge in [-0.1, -0.05) is 11.3 Å². The molecule has 0 fully saturated rings. The van der Waals surface area contributed by atoms with Crippen molar-refractivity contribution in [2.75, 3.05) is 26.1 Å². The summed E-state index contributed by atoms with van der Waals surface area (Å²) in [4.78, 5) is 23.3. The maximum Gasteiger partial charge on any atom is 0.363 e. The molecule has 0 aliphatic carbocycles. The van der Waals surface area contributed by atoms with Crippen LogP contribution in [0.1, 0.15) is 22.0 Å². The Labute approximate surface area is 143 Å². The van der Waals surface area contributed by atoms with Crippen molar-refractivity contribution in [1.82, 2.24) is 4.98 Å². The van der Waals surface area contributed by atoms with E-state index in [1.807, 2.05) is 25.9 Å². The molecule has 0 saturated carbocycles. The number of aryl methyl sites for hydroxylation is 2. The molecule has 7 nitrogen and oxygen atoms in total. The maximum absolute atomic E-state index is 12.1. The SMILES string of the molecule is COc1nc(N(C)C)sc1/C=C1/N=C(c2cc(C)oc2C)OC1=O. The largest absolute Gasteiger partial charge is 0.480 e. The Bertz CT molecular complexity index is 861. The average Bonchev–Trinajstić information content (AvgIpc) is 3.18. The number of aromatic nitrogens is 1. The van der Waals surface area contributed by atoms with Crippen LogP contribution in [0, 0.1) is 13.8 Å². The fraction of sp³-hybridized carbons (Fsp3) is 0.312. The van der Waals surface area contributed by atoms with Crippen LogP contribution in [0.2, 0.25) is 0 Å². The van der Waals surface area contributed by atoms with Crippen LogP contribution in [-0.2, 0) is 9.53 Å². The van der Waals surface area contributed by atoms with Crippen LogP contribution in [0.25, 0.3) is 6.08 Å². The molecule has 2 aromatic rings. The van der Waals surface area contributed by atoms with Crippen LogP contribution in [0.4, 0.5) is 5.13 Å². The highest BCUT2D eigenvalue weighted by molar-refractivity contribution is 7.16. The van der Waals surface area contributed by atoms with Crippen molar-refractivity contribution >= 4 is 34.4 Å². The quantitative estimate of drug-likeness (QED) is 0.625. The van der Waals surface area contributed by atoms with Gasteiger partial charge >= 0.3 is 5.97 Å². The van der Waals surface area contributed by atoms with Gasteiger partial charge in [0.25, 0.3) is 0 Å². The van der Waals surface area contributed by atoms with Gasteiger partial charge in [0, 0.05) is 14.1 Å². The molecule has 3 heterocycles. The van der Waals surface area contributed by atoms with Gasteiger partial charge in [-0.3, -0.25) is 0 Å². The van der Waals surface area contributed by atoms with Gasteiger partial charge in [-0.15, -0.1) is 0 Å². The zero-order chi connectivity index (χ0) is 17.4. The monoisotopic (exact) mass is 347 g/mol. The number of rotatable bonds is 4. The second-order valence-corrected chi connectivity index (χ2v) is 6.44. The summed E-state index contributed by atoms with van der Waals surface area (Å²) in [6.45, 7) is 3.63. The summed E-state index contributed by atoms with van der Waals surface area (Å²) < 4.78 is 16.0. The summed E-state index contributed by atoms with van der Waals surface area (Å²) >= 11 is 1.40. The average molecular weight is 347 g/mol. The minimum atomic E-state index is -0.509. The second-order valence-electron chi connectivity index (χ2n) is 5.43. The molecule has 0 N–H and O–H groups in total. The summed E-state index contributed by atoms with van der Waals surface area (Å²) in [6, 6.07) is 1.79. The number of esters is 1. The third kappa shape index (κ3) is 2.92. The summed E-state index contributed by atoms with van der Waals surface area (Å²) in [5.41, 5.74) is 0.880. The van der Waals surface area contributed by atoms with E-state index in [4.69, 9.17) is 13.9 Å². The van der Waals surface area contributed by atoms with Crippen molar-refractivity contribution in [3.63, 3.8) is 0 Å². The van der Waals surface area contributed by atoms with E-state index >= 15 is 0 Å². The Hall–Kier alpha value is -2.61. The van der Waals surface area contributed by atoms with Crippen LogP contribution >= 0.6 is 11.3 Å². The summed E-state index contributed by atoms with van der Waals surface area (Å²) in [5.74, 6) is 1.58. The van der Waals surface area contributed by atoms with Gasteiger partial charge in [0.05, 0.1) is 17.6 Å². The summed E-state index contributed by atoms with van der Waals surface area (Å²) in [7, 11) is 5.31. The van der Waals surface area contributed by atoms with Crippen molar-refractivity contribution in [3.05, 3.63) is 33.7 Å². The van der Waals surface area contributed by atoms with Crippen LogP contribution in [0.5, 0.6) is 5.88 Å². The molecule has 0 radical (unpaired) electrons. The summed E-state index contributed by atoms with van der Waals surface area (Å²) in [5, 5.41) is 0.774. The Morgan fingerprint density at radius 3 is 2.67 bits per heavy atom. The molecule has 0 amide bonds. The van der Waals surface area contributed by atoms with Crippen molar-refractivity contribution in [1.29, 1.82) is 0 Å². The third-order valence-electron chi connectivity index (χ3n) is 3.34. The van der Waals surface area contributed by atoms with E-state index in [1.165, 1.54) is 18.4 Å². The Morgan fingerprint density at radius 2 is 2.08 bits per heavy atom. The number of carbonyl (C=O) groups excluding carboxylic acids is 1. The number of anilines is 1. The fourth-order valence-electron chi connectivity index (χ4n) is 2.23. The third-order valence-corrected chi connectivity index (χ3v) is 4.50. The van der Waals surface area contributed by atoms with E-state index in [0.29, 0.717) is 22.1 Å². The number of nitrogens with zero attached hydrogens (tertiary/aromatic N) is 3. The molecule has 0 bridgehead atoms. The highest BCUT2D eigenvalue weighted by Gasteiger charge is 2.27. The molecule has 1 aliphatic rings. The van der Waals surface area contributed by atoms with Crippen LogP contribution in [-0.4, -0.2) is 38.1 Å². The van der Waals surface area contributed by atoms with Crippen molar-refractivity contribution in [2.24, 2.45) is 4.99 Å². The van der Waals surface area contributed by atoms with E-state index in [2.05, 4.69) is 9.98 Å². The zero-order valence-corrected chi connectivity index (χ0v) is 14.9. The predicted molar refractivity (Wildman–Crippen MR) is 91.8 cm³/mol. The minimum absolute atomic E-state index is 0.204. The number of hydrogen-bond acceptors (Lipinski definition) is 8. The lowest BCUT2D eigenvalue weighted by Gasteiger charge is -2.04. The number of ether oxygens (including phenoxy) is 2. The standard InChI is InChI=1S/C16H17N3O4S/c1-8-6-10(9(2)22-8)13-17-11(15(20)23-13)7-12-14(21-5)18-16(24-12)19(3)4/h6-7H,1-5H3/b11-7+. The highest BCUT2D eigenvalue weighted by Crippen LogP contribution is 2.33. The molecule has 126 valence electrons. The van der Waals surface area contributed by atoms with E-state index in [-0.39, 0.29) is 11.6 Å². The number of aliphatic imine (C=N–C) groups is 1. The van der Waals surface area contributed by atoms with Gasteiger partial charge in [0.15, 0.2) is 10.8 Å². The first-order chi connectivity index (χ1) is 11.4. The van der Waals surface area contributed by atoms with Crippen molar-refractivity contribution < 1.29 is 18.7 Å². The van der Waals surface area contributed by atoms with Gasteiger partial charge in [-0.25, -0.2) is 9.79 Å². The number of cyclic esters (lactones) is 1. The Kier molecular flexibility index (Phi) is 4.15. The lowest BCUT2D eigenvalue weighted by molar-refractivity contribution is -0.129. The van der Waals surface area contributed by atoms with E-state index in [0.717, 1.165) is 10.9 Å². The van der Waals surface area contributed by atoms with E-state index in [9.17, 15) is 4.79 Å². The van der Waals surface area contributed by atoms with Crippen molar-refractivity contribution in [2.45, 2.75) is 13.8 Å². The number of hydrogen-bond donors (Lipinski definition) is 0. The molecule has 1 aliphatic heterocycles. The molecular weight excluding hydrogens is 330 g/mol. The fourth-order valence-corrected chi connectivity index (χ4v) is 3.12. The summed E-state index contributed by atoms with van der Waals surface area (Å²) in [6.07, 6.45) is 1.63. The molecule has 0 saturated heterocycles. The predicted octanol–water partition coefficient (Wildman–Crippen LogP) is 2.77. The van der Waals surface area contributed by atoms with Gasteiger partial charge in [-0.2, -0.15) is 4.98 Å². The molecule has 24 heavy (non-hydrogen) atoms. The topological polar surface area (TPSA) is 77.2 Å². The second kappa shape index (κ2) is 6.12. The Morgan fingerprint density at radius 1 is 1.33 bits per heavy atom. The number of thiazole rings is 1. The van der Waals surface area contributed by atoms with Crippen LogP contribution in [0.3, 0.4) is 0 Å². The first-order valence-corrected chi connectivity index (χ1v) is 8.02. The van der Waals surface area contributed by atoms with Gasteiger partial charge in [0.1, 0.15) is 11.5 Å². The molecule has 0 unspecified atom stereocenters. The van der Waals surface area contributed by atoms with Gasteiger partial charge in [0.2, 0.25) is 11.8 Å². The van der Waals surface area contributed by atoms with E-state index in [1.54, 1.807) is 19.1 Å². The Balaban J connectivity index is 1.98. The van der Waals surface area contributed by atoms with Crippen LogP contribution < -0.4 is 9.64 Å². The molecule has 8 heteroatoms. The first kappa shape index (κ1) is 16.3. The van der Waals surface area contributed by atoms with Crippen molar-refractivity contribution in [3.8, 4) is 5.88 Å². The molecule has 0 spiro atoms. The molecule has 3 rings (SSSR count). The lowest BCUT2D eigenvalue weighted by Crippen LogP contribution is -2.07. The molecule has 2 aromatic heterocycles. The smallest absolute Gasteiger partial charge is 0.363 e. The van der Waals surface area contributed by atoms with E-state index < -0.39 is 5.97 Å². The van der Waals surface area contributed by atoms with Crippen LogP contribution in [0.15, 0.2) is 21.2 Å². The number of methoxy groups -OCH3 is 1. The number of furan rings is 1. The van der Waals surface area contributed by atoms with Gasteiger partial charge < -0.3 is 18.8 Å². The normalized spacial score (nSPS) is 15.6. The molecule has 0 aromatic carbocycles. The zero-order valence-electron chi connectivity index (χ0n) is 14.0. The highest BCUT2D eigenvalue weighted by atomic mass is 32.1. The first-order valence-electron chi connectivity index (χ1n) is 7.21. The maximum atomic E-state index is 12.1. The van der Waals surface area contributed by atoms with Gasteiger partial charge in [-0.05, 0) is 26.0 Å². The molecular formula is C16H17N3O4S. The lowest BCUT2D eigenvalue weighted by atomic mass is 10.2.